The second-order valence-electron chi connectivity index (χ2n) is 3.83. The largest absolute Gasteiger partial charge is 0.338 e. The van der Waals surface area contributed by atoms with Crippen molar-refractivity contribution in [2.45, 2.75) is 13.8 Å². The number of aryl methyl sites for hydroxylation is 1. The van der Waals surface area contributed by atoms with Crippen molar-refractivity contribution in [1.82, 2.24) is 4.90 Å². The smallest absolute Gasteiger partial charge is 0.273 e. The maximum absolute atomic E-state index is 12.1. The normalized spacial score (nSPS) is 10.2. The zero-order valence-corrected chi connectivity index (χ0v) is 11.1. The molecule has 0 radical (unpaired) electrons. The quantitative estimate of drug-likeness (QED) is 0.469. The Kier molecular flexibility index (Phi) is 5.09. The molecular weight excluding hydrogens is 256 g/mol. The Balaban J connectivity index is 3.06. The van der Waals surface area contributed by atoms with Crippen molar-refractivity contribution < 1.29 is 9.72 Å². The van der Waals surface area contributed by atoms with E-state index in [-0.39, 0.29) is 11.6 Å². The monoisotopic (exact) mass is 270 g/mol. The number of halogens is 1. The number of rotatable bonds is 5. The van der Waals surface area contributed by atoms with Gasteiger partial charge < -0.3 is 4.90 Å². The van der Waals surface area contributed by atoms with Crippen LogP contribution in [0.15, 0.2) is 18.2 Å². The summed E-state index contributed by atoms with van der Waals surface area (Å²) in [4.78, 5) is 24.0. The van der Waals surface area contributed by atoms with Crippen molar-refractivity contribution in [3.63, 3.8) is 0 Å². The maximum Gasteiger partial charge on any atom is 0.273 e. The number of nitrogens with zero attached hydrogens (tertiary/aromatic N) is 2. The van der Waals surface area contributed by atoms with Crippen molar-refractivity contribution in [2.24, 2.45) is 0 Å². The minimum absolute atomic E-state index is 0.0391. The third kappa shape index (κ3) is 3.20. The number of amides is 1. The van der Waals surface area contributed by atoms with E-state index in [0.717, 1.165) is 0 Å². The predicted molar refractivity (Wildman–Crippen MR) is 70.1 cm³/mol. The van der Waals surface area contributed by atoms with Gasteiger partial charge in [-0.15, -0.1) is 11.6 Å². The van der Waals surface area contributed by atoms with E-state index in [4.69, 9.17) is 11.6 Å². The first kappa shape index (κ1) is 14.4. The fourth-order valence-electron chi connectivity index (χ4n) is 1.63. The van der Waals surface area contributed by atoms with E-state index < -0.39 is 4.92 Å². The van der Waals surface area contributed by atoms with Crippen molar-refractivity contribution in [3.05, 3.63) is 39.4 Å². The summed E-state index contributed by atoms with van der Waals surface area (Å²) in [6.45, 7) is 4.43. The van der Waals surface area contributed by atoms with E-state index in [1.807, 2.05) is 6.92 Å². The maximum atomic E-state index is 12.1. The van der Waals surface area contributed by atoms with Crippen molar-refractivity contribution in [2.75, 3.05) is 19.0 Å². The van der Waals surface area contributed by atoms with Crippen LogP contribution >= 0.6 is 11.6 Å². The van der Waals surface area contributed by atoms with E-state index in [0.29, 0.717) is 30.1 Å². The van der Waals surface area contributed by atoms with Gasteiger partial charge in [-0.05, 0) is 19.9 Å². The highest BCUT2D eigenvalue weighted by Crippen LogP contribution is 2.20. The Morgan fingerprint density at radius 3 is 2.67 bits per heavy atom. The first-order chi connectivity index (χ1) is 8.51. The van der Waals surface area contributed by atoms with Gasteiger partial charge in [0.15, 0.2) is 0 Å². The second-order valence-corrected chi connectivity index (χ2v) is 4.21. The van der Waals surface area contributed by atoms with E-state index in [9.17, 15) is 14.9 Å². The molecule has 0 saturated heterocycles. The lowest BCUT2D eigenvalue weighted by molar-refractivity contribution is -0.385. The van der Waals surface area contributed by atoms with E-state index in [1.165, 1.54) is 6.07 Å². The van der Waals surface area contributed by atoms with Crippen molar-refractivity contribution in [1.29, 1.82) is 0 Å². The summed E-state index contributed by atoms with van der Waals surface area (Å²) in [5.41, 5.74) is 0.819. The lowest BCUT2D eigenvalue weighted by atomic mass is 10.1. The zero-order valence-electron chi connectivity index (χ0n) is 10.4. The van der Waals surface area contributed by atoms with Crippen LogP contribution in [-0.2, 0) is 0 Å². The number of hydrogen-bond acceptors (Lipinski definition) is 3. The average Bonchev–Trinajstić information content (AvgIpc) is 2.35. The Hall–Kier alpha value is -1.62. The van der Waals surface area contributed by atoms with Gasteiger partial charge in [0, 0.05) is 36.2 Å². The molecular formula is C12H15ClN2O3. The Morgan fingerprint density at radius 2 is 2.17 bits per heavy atom. The highest BCUT2D eigenvalue weighted by molar-refractivity contribution is 6.18. The third-order valence-electron chi connectivity index (χ3n) is 2.68. The Labute approximate surface area is 110 Å². The summed E-state index contributed by atoms with van der Waals surface area (Å²) in [6.07, 6.45) is 0. The average molecular weight is 271 g/mol. The van der Waals surface area contributed by atoms with Crippen molar-refractivity contribution >= 4 is 23.2 Å². The first-order valence-electron chi connectivity index (χ1n) is 5.61. The number of alkyl halides is 1. The van der Waals surface area contributed by atoms with E-state index in [1.54, 1.807) is 24.0 Å². The minimum atomic E-state index is -0.482. The van der Waals surface area contributed by atoms with Crippen LogP contribution in [0.3, 0.4) is 0 Å². The first-order valence-corrected chi connectivity index (χ1v) is 6.15. The third-order valence-corrected chi connectivity index (χ3v) is 2.85. The summed E-state index contributed by atoms with van der Waals surface area (Å²) in [6, 6.07) is 4.50. The molecule has 0 aromatic heterocycles. The number of carbonyl (C=O) groups is 1. The highest BCUT2D eigenvalue weighted by atomic mass is 35.5. The molecule has 1 rings (SSSR count). The van der Waals surface area contributed by atoms with Gasteiger partial charge in [-0.2, -0.15) is 0 Å². The summed E-state index contributed by atoms with van der Waals surface area (Å²) >= 11 is 5.61. The molecule has 0 atom stereocenters. The fraction of sp³-hybridized carbons (Fsp3) is 0.417. The standard InChI is InChI=1S/C12H15ClN2O3/c1-3-14(7-6-13)12(16)10-5-4-9(2)11(8-10)15(17)18/h4-5,8H,3,6-7H2,1-2H3. The number of hydrogen-bond donors (Lipinski definition) is 0. The molecule has 5 nitrogen and oxygen atoms in total. The highest BCUT2D eigenvalue weighted by Gasteiger charge is 2.18. The molecule has 0 aliphatic heterocycles. The Morgan fingerprint density at radius 1 is 1.50 bits per heavy atom. The molecule has 18 heavy (non-hydrogen) atoms. The number of nitro groups is 1. The van der Waals surface area contributed by atoms with E-state index in [2.05, 4.69) is 0 Å². The summed E-state index contributed by atoms with van der Waals surface area (Å²) in [7, 11) is 0. The van der Waals surface area contributed by atoms with Crippen LogP contribution in [0.5, 0.6) is 0 Å². The van der Waals surface area contributed by atoms with Crippen LogP contribution in [0, 0.1) is 17.0 Å². The van der Waals surface area contributed by atoms with E-state index >= 15 is 0 Å². The van der Waals surface area contributed by atoms with Crippen LogP contribution in [-0.4, -0.2) is 34.7 Å². The molecule has 0 spiro atoms. The van der Waals surface area contributed by atoms with Gasteiger partial charge in [-0.3, -0.25) is 14.9 Å². The van der Waals surface area contributed by atoms with Gasteiger partial charge in [0.05, 0.1) is 4.92 Å². The lowest BCUT2D eigenvalue weighted by Crippen LogP contribution is -2.32. The molecule has 1 aromatic rings. The van der Waals surface area contributed by atoms with Crippen LogP contribution in [0.2, 0.25) is 0 Å². The molecule has 0 aliphatic rings. The fourth-order valence-corrected chi connectivity index (χ4v) is 1.83. The number of benzene rings is 1. The zero-order chi connectivity index (χ0) is 13.7. The van der Waals surface area contributed by atoms with Crippen molar-refractivity contribution in [3.8, 4) is 0 Å². The predicted octanol–water partition coefficient (Wildman–Crippen LogP) is 2.60. The summed E-state index contributed by atoms with van der Waals surface area (Å²) < 4.78 is 0. The minimum Gasteiger partial charge on any atom is -0.338 e. The molecule has 0 saturated carbocycles. The topological polar surface area (TPSA) is 63.5 Å². The van der Waals surface area contributed by atoms with Crippen LogP contribution in [0.1, 0.15) is 22.8 Å². The molecule has 0 fully saturated rings. The SMILES string of the molecule is CCN(CCCl)C(=O)c1ccc(C)c([N+](=O)[O-])c1. The molecule has 0 aliphatic carbocycles. The summed E-state index contributed by atoms with van der Waals surface area (Å²) in [5, 5.41) is 10.8. The molecule has 6 heteroatoms. The van der Waals surface area contributed by atoms with Crippen LogP contribution in [0.25, 0.3) is 0 Å². The molecule has 1 aromatic carbocycles. The number of carbonyl (C=O) groups excluding carboxylic acids is 1. The Bertz CT molecular complexity index is 463. The molecule has 98 valence electrons. The molecule has 0 unspecified atom stereocenters. The van der Waals surface area contributed by atoms with Gasteiger partial charge in [0.25, 0.3) is 11.6 Å². The van der Waals surface area contributed by atoms with Crippen LogP contribution in [0.4, 0.5) is 5.69 Å². The summed E-state index contributed by atoms with van der Waals surface area (Å²) in [5.74, 6) is 0.106. The molecule has 0 heterocycles. The van der Waals surface area contributed by atoms with Crippen LogP contribution < -0.4 is 0 Å². The second kappa shape index (κ2) is 6.35. The molecule has 0 bridgehead atoms. The van der Waals surface area contributed by atoms with Gasteiger partial charge in [0.1, 0.15) is 0 Å². The lowest BCUT2D eigenvalue weighted by Gasteiger charge is -2.19. The molecule has 0 N–H and O–H groups in total. The molecule has 1 amide bonds. The van der Waals surface area contributed by atoms with Gasteiger partial charge in [-0.1, -0.05) is 6.07 Å². The van der Waals surface area contributed by atoms with Gasteiger partial charge >= 0.3 is 0 Å². The number of nitro benzene ring substituents is 1. The van der Waals surface area contributed by atoms with Gasteiger partial charge in [0.2, 0.25) is 0 Å². The van der Waals surface area contributed by atoms with Gasteiger partial charge in [-0.25, -0.2) is 0 Å².